The first-order valence-corrected chi connectivity index (χ1v) is 28.0. The number of hydrogen-bond acceptors (Lipinski definition) is 3. The summed E-state index contributed by atoms with van der Waals surface area (Å²) < 4.78 is 0. The van der Waals surface area contributed by atoms with Gasteiger partial charge in [-0.3, -0.25) is 0 Å². The van der Waals surface area contributed by atoms with Crippen molar-refractivity contribution in [2.45, 2.75) is 316 Å². The standard InChI is InChI=1S/2C10H20O.C10H20.C9H20O.C9H20.5C3H8/c2*1-8(2)6-7-9(3)10(4,5)11;1-8(2)6-7-10(5)9(3)4;1-8(2)6-5-7-9(3,4)10;1-8(2)6-5-7-9(3)4;5*1-3-2/h2*6-9,11H,1-5H3;6-10H,1-5H3;8,10H,5-7H2,1-4H3;8-9H,5-7H2,1-4H3;5*3H2,1-2H3/b3*7-6+;;;;;;;/t2*9-;10-;;;;;;;/m100......./s1. The van der Waals surface area contributed by atoms with Crippen molar-refractivity contribution in [2.75, 3.05) is 0 Å². The highest BCUT2D eigenvalue weighted by Gasteiger charge is 2.20. The molecule has 0 aromatic carbocycles. The van der Waals surface area contributed by atoms with Gasteiger partial charge in [-0.1, -0.05) is 288 Å². The van der Waals surface area contributed by atoms with Crippen LogP contribution in [0, 0.1) is 59.2 Å². The molecule has 3 atom stereocenters. The van der Waals surface area contributed by atoms with E-state index in [0.717, 1.165) is 42.4 Å². The number of hydrogen-bond donors (Lipinski definition) is 3. The molecule has 0 saturated carbocycles. The van der Waals surface area contributed by atoms with E-state index in [2.05, 4.69) is 210 Å². The molecule has 0 aliphatic carbocycles. The molecule has 0 unspecified atom stereocenters. The molecule has 0 aliphatic rings. The average Bonchev–Trinajstić information content (AvgIpc) is 3.12. The van der Waals surface area contributed by atoms with Crippen LogP contribution in [0.5, 0.6) is 0 Å². The van der Waals surface area contributed by atoms with E-state index in [-0.39, 0.29) is 11.8 Å². The van der Waals surface area contributed by atoms with Crippen molar-refractivity contribution < 1.29 is 15.3 Å². The van der Waals surface area contributed by atoms with Crippen molar-refractivity contribution in [1.82, 2.24) is 0 Å². The first-order valence-electron chi connectivity index (χ1n) is 28.0. The van der Waals surface area contributed by atoms with Crippen LogP contribution >= 0.6 is 0 Å². The molecular weight excluding hydrogens is 805 g/mol. The highest BCUT2D eigenvalue weighted by Crippen LogP contribution is 2.19. The zero-order chi connectivity index (χ0) is 55.3. The molecule has 0 aliphatic heterocycles. The molecule has 0 fully saturated rings. The predicted molar refractivity (Wildman–Crippen MR) is 315 cm³/mol. The summed E-state index contributed by atoms with van der Waals surface area (Å²) in [5, 5.41) is 28.4. The summed E-state index contributed by atoms with van der Waals surface area (Å²) in [6.07, 6.45) is 26.8. The summed E-state index contributed by atoms with van der Waals surface area (Å²) in [4.78, 5) is 0. The Hall–Kier alpha value is -0.900. The summed E-state index contributed by atoms with van der Waals surface area (Å²) in [6, 6.07) is 0. The Morgan fingerprint density at radius 2 is 0.545 bits per heavy atom. The fourth-order valence-corrected chi connectivity index (χ4v) is 3.75. The quantitative estimate of drug-likeness (QED) is 0.127. The second-order valence-electron chi connectivity index (χ2n) is 23.2. The van der Waals surface area contributed by atoms with Crippen molar-refractivity contribution in [3.05, 3.63) is 36.5 Å². The lowest BCUT2D eigenvalue weighted by Gasteiger charge is -2.22. The molecule has 0 aromatic rings. The first-order chi connectivity index (χ1) is 29.8. The van der Waals surface area contributed by atoms with Crippen LogP contribution in [-0.2, 0) is 0 Å². The van der Waals surface area contributed by atoms with Gasteiger partial charge in [0.25, 0.3) is 0 Å². The topological polar surface area (TPSA) is 60.7 Å². The van der Waals surface area contributed by atoms with E-state index in [0.29, 0.717) is 17.8 Å². The van der Waals surface area contributed by atoms with Gasteiger partial charge < -0.3 is 15.3 Å². The second-order valence-corrected chi connectivity index (χ2v) is 23.2. The van der Waals surface area contributed by atoms with Gasteiger partial charge in [-0.05, 0) is 95.3 Å². The number of rotatable bonds is 17. The third-order valence-electron chi connectivity index (χ3n) is 8.78. The normalized spacial score (nSPS) is 12.6. The summed E-state index contributed by atoms with van der Waals surface area (Å²) in [6.45, 7) is 69.7. The van der Waals surface area contributed by atoms with Crippen molar-refractivity contribution in [3.63, 3.8) is 0 Å². The summed E-state index contributed by atoms with van der Waals surface area (Å²) in [5.74, 6) is 6.34. The lowest BCUT2D eigenvalue weighted by molar-refractivity contribution is 0.0434. The van der Waals surface area contributed by atoms with E-state index in [4.69, 9.17) is 0 Å². The molecule has 3 N–H and O–H groups in total. The Balaban J connectivity index is -0.0000000689. The van der Waals surface area contributed by atoms with Gasteiger partial charge >= 0.3 is 0 Å². The van der Waals surface area contributed by atoms with E-state index in [9.17, 15) is 15.3 Å². The van der Waals surface area contributed by atoms with Gasteiger partial charge in [0.2, 0.25) is 0 Å². The average molecular weight is 946 g/mol. The Labute approximate surface area is 425 Å². The molecule has 0 amide bonds. The highest BCUT2D eigenvalue weighted by molar-refractivity contribution is 4.95. The van der Waals surface area contributed by atoms with E-state index >= 15 is 0 Å². The van der Waals surface area contributed by atoms with Gasteiger partial charge in [0.15, 0.2) is 0 Å². The van der Waals surface area contributed by atoms with Gasteiger partial charge in [0.1, 0.15) is 0 Å². The van der Waals surface area contributed by atoms with E-state index < -0.39 is 16.8 Å². The fraction of sp³-hybridized carbons (Fsp3) is 0.905. The third-order valence-corrected chi connectivity index (χ3v) is 8.78. The highest BCUT2D eigenvalue weighted by atomic mass is 16.3. The Morgan fingerprint density at radius 3 is 0.712 bits per heavy atom. The summed E-state index contributed by atoms with van der Waals surface area (Å²) in [5.41, 5.74) is -1.65. The molecule has 410 valence electrons. The monoisotopic (exact) mass is 945 g/mol. The van der Waals surface area contributed by atoms with Crippen LogP contribution in [0.15, 0.2) is 36.5 Å². The number of aliphatic hydroxyl groups is 3. The first kappa shape index (κ1) is 88.1. The predicted octanol–water partition coefficient (Wildman–Crippen LogP) is 21.8. The third kappa shape index (κ3) is 131. The molecule has 0 saturated heterocycles. The minimum Gasteiger partial charge on any atom is -0.390 e. The van der Waals surface area contributed by atoms with Crippen LogP contribution in [0.3, 0.4) is 0 Å². The molecule has 0 spiro atoms. The lowest BCUT2D eigenvalue weighted by Crippen LogP contribution is -2.26. The molecule has 0 aromatic heterocycles. The summed E-state index contributed by atoms with van der Waals surface area (Å²) >= 11 is 0. The van der Waals surface area contributed by atoms with E-state index in [1.807, 2.05) is 55.4 Å². The van der Waals surface area contributed by atoms with Gasteiger partial charge in [0.05, 0.1) is 16.8 Å². The Bertz CT molecular complexity index is 828. The second kappa shape index (κ2) is 62.1. The smallest absolute Gasteiger partial charge is 0.0651 e. The van der Waals surface area contributed by atoms with Crippen LogP contribution in [0.4, 0.5) is 0 Å². The van der Waals surface area contributed by atoms with Crippen molar-refractivity contribution in [3.8, 4) is 0 Å². The van der Waals surface area contributed by atoms with Gasteiger partial charge in [-0.15, -0.1) is 0 Å². The molecule has 66 heavy (non-hydrogen) atoms. The zero-order valence-corrected chi connectivity index (χ0v) is 52.9. The van der Waals surface area contributed by atoms with Gasteiger partial charge in [-0.25, -0.2) is 0 Å². The minimum absolute atomic E-state index is 0.227. The van der Waals surface area contributed by atoms with Crippen molar-refractivity contribution in [2.24, 2.45) is 59.2 Å². The molecule has 0 rings (SSSR count). The van der Waals surface area contributed by atoms with E-state index in [1.165, 1.54) is 57.8 Å². The van der Waals surface area contributed by atoms with Crippen LogP contribution in [0.2, 0.25) is 0 Å². The Morgan fingerprint density at radius 1 is 0.333 bits per heavy atom. The minimum atomic E-state index is -0.592. The maximum Gasteiger partial charge on any atom is 0.0651 e. The van der Waals surface area contributed by atoms with Crippen LogP contribution < -0.4 is 0 Å². The van der Waals surface area contributed by atoms with Crippen molar-refractivity contribution >= 4 is 0 Å². The van der Waals surface area contributed by atoms with Gasteiger partial charge in [0, 0.05) is 11.8 Å². The zero-order valence-electron chi connectivity index (χ0n) is 52.9. The van der Waals surface area contributed by atoms with Gasteiger partial charge in [-0.2, -0.15) is 0 Å². The van der Waals surface area contributed by atoms with Crippen LogP contribution in [0.25, 0.3) is 0 Å². The molecule has 0 heterocycles. The van der Waals surface area contributed by atoms with Crippen LogP contribution in [0.1, 0.15) is 299 Å². The van der Waals surface area contributed by atoms with Crippen molar-refractivity contribution in [1.29, 1.82) is 0 Å². The SMILES string of the molecule is CC(C)/C=C/[C@@H](C)C(C)(C)O.CC(C)/C=C/[C@H](C)C(C)(C)O.CC(C)/C=C/[C@H](C)C(C)C.CC(C)CCCC(C)(C)O.CC(C)CCCC(C)C.CCC.CCC.CCC.CCC.CCC. The fourth-order valence-electron chi connectivity index (χ4n) is 3.75. The largest absolute Gasteiger partial charge is 0.390 e. The molecule has 3 nitrogen and oxygen atoms in total. The summed E-state index contributed by atoms with van der Waals surface area (Å²) in [7, 11) is 0. The lowest BCUT2D eigenvalue weighted by atomic mass is 9.92. The number of allylic oxidation sites excluding steroid dienone is 4. The molecule has 3 heteroatoms. The van der Waals surface area contributed by atoms with E-state index in [1.54, 1.807) is 0 Å². The maximum atomic E-state index is 9.55. The molecule has 0 radical (unpaired) electrons. The van der Waals surface area contributed by atoms with Crippen LogP contribution in [-0.4, -0.2) is 32.1 Å². The molecular formula is C63H140O3. The molecule has 0 bridgehead atoms. The maximum absolute atomic E-state index is 9.55. The Kier molecular flexibility index (Phi) is 82.9.